The van der Waals surface area contributed by atoms with Crippen LogP contribution < -0.4 is 5.32 Å². The number of likely N-dealkylation sites (tertiary alicyclic amines) is 1. The second-order valence-electron chi connectivity index (χ2n) is 8.92. The molecule has 1 fully saturated rings. The lowest BCUT2D eigenvalue weighted by molar-refractivity contribution is -0.129. The third kappa shape index (κ3) is 4.05. The number of amides is 2. The predicted octanol–water partition coefficient (Wildman–Crippen LogP) is 4.59. The SMILES string of the molecule is Cc1cc(NC(=O)C2CC(=O)N(C(C)c3ccccc3)C2)n(-c2cc(C)c3ccccc3n2)n1. The minimum absolute atomic E-state index is 0.00647. The molecule has 0 saturated carbocycles. The summed E-state index contributed by atoms with van der Waals surface area (Å²) in [4.78, 5) is 32.5. The highest BCUT2D eigenvalue weighted by Gasteiger charge is 2.37. The Bertz CT molecular complexity index is 1380. The number of aryl methyl sites for hydroxylation is 2. The van der Waals surface area contributed by atoms with Gasteiger partial charge in [0.05, 0.1) is 23.2 Å². The Kier molecular flexibility index (Phi) is 5.61. The maximum Gasteiger partial charge on any atom is 0.230 e. The molecule has 1 N–H and O–H groups in total. The van der Waals surface area contributed by atoms with Crippen molar-refractivity contribution in [2.24, 2.45) is 5.92 Å². The van der Waals surface area contributed by atoms with E-state index >= 15 is 0 Å². The van der Waals surface area contributed by atoms with Gasteiger partial charge in [0.25, 0.3) is 0 Å². The van der Waals surface area contributed by atoms with Crippen LogP contribution in [0.2, 0.25) is 0 Å². The van der Waals surface area contributed by atoms with E-state index in [4.69, 9.17) is 4.98 Å². The topological polar surface area (TPSA) is 80.1 Å². The molecule has 7 heteroatoms. The Balaban J connectivity index is 1.37. The fourth-order valence-electron chi connectivity index (χ4n) is 4.62. The van der Waals surface area contributed by atoms with Crippen LogP contribution in [0.25, 0.3) is 16.7 Å². The molecule has 2 atom stereocenters. The molecule has 0 spiro atoms. The molecule has 5 rings (SSSR count). The van der Waals surface area contributed by atoms with Gasteiger partial charge in [-0.3, -0.25) is 9.59 Å². The summed E-state index contributed by atoms with van der Waals surface area (Å²) in [5, 5.41) is 8.65. The Labute approximate surface area is 198 Å². The fraction of sp³-hybridized carbons (Fsp3) is 0.259. The number of para-hydroxylation sites is 1. The van der Waals surface area contributed by atoms with Crippen molar-refractivity contribution in [3.05, 3.63) is 83.6 Å². The third-order valence-corrected chi connectivity index (χ3v) is 6.49. The van der Waals surface area contributed by atoms with E-state index in [-0.39, 0.29) is 24.3 Å². The summed E-state index contributed by atoms with van der Waals surface area (Å²) < 4.78 is 1.66. The summed E-state index contributed by atoms with van der Waals surface area (Å²) in [5.74, 6) is 0.574. The molecule has 2 aromatic carbocycles. The molecule has 7 nitrogen and oxygen atoms in total. The van der Waals surface area contributed by atoms with Crippen molar-refractivity contribution >= 4 is 28.5 Å². The van der Waals surface area contributed by atoms with Crippen LogP contribution in [0.15, 0.2) is 66.7 Å². The van der Waals surface area contributed by atoms with Crippen LogP contribution >= 0.6 is 0 Å². The molecule has 4 aromatic rings. The highest BCUT2D eigenvalue weighted by molar-refractivity contribution is 5.97. The molecule has 3 heterocycles. The van der Waals surface area contributed by atoms with Gasteiger partial charge in [0.1, 0.15) is 5.82 Å². The van der Waals surface area contributed by atoms with Crippen molar-refractivity contribution in [3.8, 4) is 5.82 Å². The molecule has 2 aromatic heterocycles. The Hall–Kier alpha value is -4.00. The van der Waals surface area contributed by atoms with Gasteiger partial charge in [0.15, 0.2) is 5.82 Å². The van der Waals surface area contributed by atoms with E-state index in [9.17, 15) is 9.59 Å². The Morgan fingerprint density at radius 3 is 2.59 bits per heavy atom. The van der Waals surface area contributed by atoms with Crippen molar-refractivity contribution < 1.29 is 9.59 Å². The van der Waals surface area contributed by atoms with Gasteiger partial charge in [-0.25, -0.2) is 4.98 Å². The zero-order chi connectivity index (χ0) is 23.8. The molecule has 34 heavy (non-hydrogen) atoms. The predicted molar refractivity (Wildman–Crippen MR) is 132 cm³/mol. The van der Waals surface area contributed by atoms with Crippen molar-refractivity contribution in [3.63, 3.8) is 0 Å². The van der Waals surface area contributed by atoms with Crippen LogP contribution in [0.3, 0.4) is 0 Å². The number of rotatable bonds is 5. The van der Waals surface area contributed by atoms with E-state index in [0.717, 1.165) is 27.7 Å². The van der Waals surface area contributed by atoms with Gasteiger partial charge in [-0.05, 0) is 44.0 Å². The Morgan fingerprint density at radius 2 is 1.79 bits per heavy atom. The summed E-state index contributed by atoms with van der Waals surface area (Å²) in [7, 11) is 0. The molecule has 1 aliphatic heterocycles. The van der Waals surface area contributed by atoms with E-state index < -0.39 is 5.92 Å². The maximum atomic E-state index is 13.2. The number of pyridine rings is 1. The second kappa shape index (κ2) is 8.74. The monoisotopic (exact) mass is 453 g/mol. The standard InChI is InChI=1S/C27H27N5O2/c1-17-13-24(28-23-12-8-7-11-22(17)23)32-25(14-18(2)30-32)29-27(34)21-15-26(33)31(16-21)19(3)20-9-5-4-6-10-20/h4-14,19,21H,15-16H2,1-3H3,(H,29,34). The smallest absolute Gasteiger partial charge is 0.230 e. The van der Waals surface area contributed by atoms with E-state index in [1.165, 1.54) is 0 Å². The first-order valence-electron chi connectivity index (χ1n) is 11.5. The summed E-state index contributed by atoms with van der Waals surface area (Å²) in [6.45, 7) is 6.30. The third-order valence-electron chi connectivity index (χ3n) is 6.49. The van der Waals surface area contributed by atoms with Crippen molar-refractivity contribution in [2.75, 3.05) is 11.9 Å². The van der Waals surface area contributed by atoms with Crippen LogP contribution in [-0.4, -0.2) is 38.0 Å². The molecule has 0 aliphatic carbocycles. The zero-order valence-electron chi connectivity index (χ0n) is 19.5. The lowest BCUT2D eigenvalue weighted by Gasteiger charge is -2.25. The largest absolute Gasteiger partial charge is 0.335 e. The minimum Gasteiger partial charge on any atom is -0.335 e. The molecular formula is C27H27N5O2. The van der Waals surface area contributed by atoms with E-state index in [1.54, 1.807) is 9.58 Å². The lowest BCUT2D eigenvalue weighted by atomic mass is 10.1. The fourth-order valence-corrected chi connectivity index (χ4v) is 4.62. The van der Waals surface area contributed by atoms with Crippen molar-refractivity contribution in [1.82, 2.24) is 19.7 Å². The van der Waals surface area contributed by atoms with Gasteiger partial charge < -0.3 is 10.2 Å². The van der Waals surface area contributed by atoms with Crippen molar-refractivity contribution in [1.29, 1.82) is 0 Å². The van der Waals surface area contributed by atoms with Gasteiger partial charge in [-0.1, -0.05) is 48.5 Å². The first-order valence-corrected chi connectivity index (χ1v) is 11.5. The molecule has 1 saturated heterocycles. The number of nitrogens with one attached hydrogen (secondary N) is 1. The van der Waals surface area contributed by atoms with Crippen LogP contribution in [0.1, 0.15) is 36.2 Å². The Morgan fingerprint density at radius 1 is 1.06 bits per heavy atom. The molecule has 0 bridgehead atoms. The number of aromatic nitrogens is 3. The number of fused-ring (bicyclic) bond motifs is 1. The van der Waals surface area contributed by atoms with E-state index in [0.29, 0.717) is 18.2 Å². The van der Waals surface area contributed by atoms with E-state index in [2.05, 4.69) is 10.4 Å². The van der Waals surface area contributed by atoms with Gasteiger partial charge >= 0.3 is 0 Å². The molecule has 2 unspecified atom stereocenters. The van der Waals surface area contributed by atoms with Crippen LogP contribution in [0.4, 0.5) is 5.82 Å². The van der Waals surface area contributed by atoms with Gasteiger partial charge in [-0.15, -0.1) is 0 Å². The van der Waals surface area contributed by atoms with Gasteiger partial charge in [0, 0.05) is 24.4 Å². The number of carbonyl (C=O) groups is 2. The van der Waals surface area contributed by atoms with Crippen LogP contribution in [-0.2, 0) is 9.59 Å². The van der Waals surface area contributed by atoms with E-state index in [1.807, 2.05) is 87.5 Å². The summed E-state index contributed by atoms with van der Waals surface area (Å²) in [6, 6.07) is 21.5. The highest BCUT2D eigenvalue weighted by Crippen LogP contribution is 2.29. The number of anilines is 1. The number of hydrogen-bond donors (Lipinski definition) is 1. The molecule has 1 aliphatic rings. The van der Waals surface area contributed by atoms with Crippen molar-refractivity contribution in [2.45, 2.75) is 33.2 Å². The van der Waals surface area contributed by atoms with Crippen LogP contribution in [0.5, 0.6) is 0 Å². The summed E-state index contributed by atoms with van der Waals surface area (Å²) in [5.41, 5.74) is 3.78. The average molecular weight is 454 g/mol. The molecule has 172 valence electrons. The zero-order valence-corrected chi connectivity index (χ0v) is 19.5. The molecular weight excluding hydrogens is 426 g/mol. The average Bonchev–Trinajstić information content (AvgIpc) is 3.41. The number of hydrogen-bond acceptors (Lipinski definition) is 4. The van der Waals surface area contributed by atoms with Gasteiger partial charge in [-0.2, -0.15) is 9.78 Å². The summed E-state index contributed by atoms with van der Waals surface area (Å²) >= 11 is 0. The second-order valence-corrected chi connectivity index (χ2v) is 8.92. The molecule has 0 radical (unpaired) electrons. The highest BCUT2D eigenvalue weighted by atomic mass is 16.2. The van der Waals surface area contributed by atoms with Gasteiger partial charge in [0.2, 0.25) is 11.8 Å². The molecule has 2 amide bonds. The first kappa shape index (κ1) is 21.8. The normalized spacial score (nSPS) is 16.7. The van der Waals surface area contributed by atoms with Crippen LogP contribution in [0, 0.1) is 19.8 Å². The summed E-state index contributed by atoms with van der Waals surface area (Å²) in [6.07, 6.45) is 0.198. The maximum absolute atomic E-state index is 13.2. The number of benzene rings is 2. The minimum atomic E-state index is -0.423. The number of carbonyl (C=O) groups excluding carboxylic acids is 2. The lowest BCUT2D eigenvalue weighted by Crippen LogP contribution is -2.30. The quantitative estimate of drug-likeness (QED) is 0.479. The first-order chi connectivity index (χ1) is 16.4. The number of nitrogens with zero attached hydrogens (tertiary/aromatic N) is 4.